The number of ether oxygens (including phenoxy) is 3. The Morgan fingerprint density at radius 1 is 1.41 bits per heavy atom. The number of nitrogens with zero attached hydrogens (tertiary/aromatic N) is 4. The van der Waals surface area contributed by atoms with Crippen LogP contribution in [0.25, 0.3) is 0 Å². The fourth-order valence-corrected chi connectivity index (χ4v) is 2.03. The lowest BCUT2D eigenvalue weighted by Crippen LogP contribution is -2.60. The Bertz CT molecular complexity index is 364. The van der Waals surface area contributed by atoms with Crippen molar-refractivity contribution in [2.45, 2.75) is 12.0 Å². The van der Waals surface area contributed by atoms with Crippen LogP contribution in [0, 0.1) is 0 Å². The molecule has 1 aliphatic rings. The van der Waals surface area contributed by atoms with Gasteiger partial charge < -0.3 is 14.2 Å². The molecule has 1 saturated heterocycles. The van der Waals surface area contributed by atoms with Gasteiger partial charge in [0, 0.05) is 20.8 Å². The van der Waals surface area contributed by atoms with Gasteiger partial charge in [-0.25, -0.2) is 15.0 Å². The minimum Gasteiger partial charge on any atom is -0.352 e. The van der Waals surface area contributed by atoms with E-state index in [-0.39, 0.29) is 0 Å². The highest BCUT2D eigenvalue weighted by Crippen LogP contribution is 2.34. The monoisotopic (exact) mass is 240 g/mol. The first-order valence-corrected chi connectivity index (χ1v) is 5.29. The fourth-order valence-electron chi connectivity index (χ4n) is 2.03. The van der Waals surface area contributed by atoms with E-state index in [9.17, 15) is 0 Å². The number of rotatable bonds is 3. The lowest BCUT2D eigenvalue weighted by Gasteiger charge is -2.46. The van der Waals surface area contributed by atoms with Gasteiger partial charge in [0.15, 0.2) is 5.82 Å². The largest absolute Gasteiger partial charge is 0.352 e. The van der Waals surface area contributed by atoms with Crippen LogP contribution in [0.2, 0.25) is 0 Å². The number of hydrogen-bond donors (Lipinski definition) is 0. The maximum absolute atomic E-state index is 5.60. The highest BCUT2D eigenvalue weighted by atomic mass is 16.7. The molecule has 7 nitrogen and oxygen atoms in total. The molecule has 2 rings (SSSR count). The van der Waals surface area contributed by atoms with Crippen LogP contribution in [0.15, 0.2) is 12.7 Å². The van der Waals surface area contributed by atoms with E-state index in [4.69, 9.17) is 14.2 Å². The van der Waals surface area contributed by atoms with Crippen molar-refractivity contribution in [1.82, 2.24) is 19.9 Å². The number of hydrogen-bond acceptors (Lipinski definition) is 7. The zero-order valence-electron chi connectivity index (χ0n) is 10.2. The van der Waals surface area contributed by atoms with Gasteiger partial charge in [-0.3, -0.25) is 4.90 Å². The van der Waals surface area contributed by atoms with Crippen molar-refractivity contribution in [1.29, 1.82) is 0 Å². The molecule has 1 aromatic rings. The van der Waals surface area contributed by atoms with Crippen LogP contribution < -0.4 is 0 Å². The second-order valence-corrected chi connectivity index (χ2v) is 3.72. The predicted molar refractivity (Wildman–Crippen MR) is 57.9 cm³/mol. The molecule has 7 heteroatoms. The van der Waals surface area contributed by atoms with E-state index in [1.807, 2.05) is 11.9 Å². The molecule has 0 bridgehead atoms. The Hall–Kier alpha value is -1.15. The lowest BCUT2D eigenvalue weighted by molar-refractivity contribution is -0.324. The summed E-state index contributed by atoms with van der Waals surface area (Å²) in [7, 11) is 5.07. The van der Waals surface area contributed by atoms with Crippen molar-refractivity contribution in [2.24, 2.45) is 0 Å². The summed E-state index contributed by atoms with van der Waals surface area (Å²) in [5.41, 5.74) is -0.935. The molecule has 0 N–H and O–H groups in total. The van der Waals surface area contributed by atoms with Crippen LogP contribution in [0.5, 0.6) is 0 Å². The van der Waals surface area contributed by atoms with E-state index in [0.29, 0.717) is 19.0 Å². The second-order valence-electron chi connectivity index (χ2n) is 3.72. The molecule has 94 valence electrons. The molecule has 2 unspecified atom stereocenters. The summed E-state index contributed by atoms with van der Waals surface area (Å²) >= 11 is 0. The maximum atomic E-state index is 5.60. The van der Waals surface area contributed by atoms with Crippen molar-refractivity contribution in [2.75, 3.05) is 34.4 Å². The minimum absolute atomic E-state index is 0.476. The van der Waals surface area contributed by atoms with Gasteiger partial charge in [-0.2, -0.15) is 0 Å². The van der Waals surface area contributed by atoms with E-state index in [1.54, 1.807) is 14.2 Å². The van der Waals surface area contributed by atoms with E-state index in [1.165, 1.54) is 12.7 Å². The third kappa shape index (κ3) is 1.91. The third-order valence-electron chi connectivity index (χ3n) is 2.92. The van der Waals surface area contributed by atoms with Crippen molar-refractivity contribution in [3.63, 3.8) is 0 Å². The Morgan fingerprint density at radius 2 is 2.12 bits per heavy atom. The molecule has 0 radical (unpaired) electrons. The average Bonchev–Trinajstić information content (AvgIpc) is 2.39. The number of likely N-dealkylation sites (N-methyl/N-ethyl adjacent to an activating group) is 1. The van der Waals surface area contributed by atoms with Gasteiger partial charge in [0.25, 0.3) is 0 Å². The molecule has 2 atom stereocenters. The van der Waals surface area contributed by atoms with Crippen LogP contribution in [-0.2, 0) is 19.9 Å². The summed E-state index contributed by atoms with van der Waals surface area (Å²) < 4.78 is 16.5. The average molecular weight is 240 g/mol. The molecule has 0 aliphatic carbocycles. The van der Waals surface area contributed by atoms with Crippen LogP contribution in [0.3, 0.4) is 0 Å². The van der Waals surface area contributed by atoms with Gasteiger partial charge in [-0.05, 0) is 7.05 Å². The number of methoxy groups -OCH3 is 2. The topological polar surface area (TPSA) is 69.6 Å². The highest BCUT2D eigenvalue weighted by molar-refractivity contribution is 5.03. The Balaban J connectivity index is 2.45. The third-order valence-corrected chi connectivity index (χ3v) is 2.92. The quantitative estimate of drug-likeness (QED) is 0.712. The summed E-state index contributed by atoms with van der Waals surface area (Å²) in [5.74, 6) is 0.476. The van der Waals surface area contributed by atoms with Gasteiger partial charge in [0.1, 0.15) is 12.7 Å². The van der Waals surface area contributed by atoms with Gasteiger partial charge in [0.05, 0.1) is 6.61 Å². The van der Waals surface area contributed by atoms with Crippen molar-refractivity contribution in [3.8, 4) is 0 Å². The normalized spacial score (nSPS) is 30.4. The first-order chi connectivity index (χ1) is 8.25. The maximum Gasteiger partial charge on any atom is 0.234 e. The molecular formula is C10H16N4O3. The molecule has 0 aromatic carbocycles. The molecule has 1 aromatic heterocycles. The molecule has 1 fully saturated rings. The Kier molecular flexibility index (Phi) is 3.63. The standard InChI is InChI=1S/C10H16N4O3/c1-14-4-5-17-9(15-2)10(14,16-3)8-12-6-11-7-13-8/h6-7,9H,4-5H2,1-3H3. The molecule has 1 aliphatic heterocycles. The zero-order chi connectivity index (χ0) is 12.3. The van der Waals surface area contributed by atoms with E-state index in [2.05, 4.69) is 15.0 Å². The predicted octanol–water partition coefficient (Wildman–Crippen LogP) is -0.395. The van der Waals surface area contributed by atoms with Gasteiger partial charge in [0.2, 0.25) is 12.0 Å². The minimum atomic E-state index is -0.935. The second kappa shape index (κ2) is 5.01. The van der Waals surface area contributed by atoms with Crippen molar-refractivity contribution < 1.29 is 14.2 Å². The van der Waals surface area contributed by atoms with Crippen molar-refractivity contribution in [3.05, 3.63) is 18.5 Å². The molecule has 0 spiro atoms. The van der Waals surface area contributed by atoms with E-state index < -0.39 is 12.0 Å². The summed E-state index contributed by atoms with van der Waals surface area (Å²) in [6.07, 6.45) is 2.28. The molecule has 2 heterocycles. The van der Waals surface area contributed by atoms with Crippen LogP contribution >= 0.6 is 0 Å². The van der Waals surface area contributed by atoms with Crippen LogP contribution in [0.1, 0.15) is 5.82 Å². The first-order valence-electron chi connectivity index (χ1n) is 5.29. The summed E-state index contributed by atoms with van der Waals surface area (Å²) in [5, 5.41) is 0. The van der Waals surface area contributed by atoms with Gasteiger partial charge in [-0.15, -0.1) is 0 Å². The lowest BCUT2D eigenvalue weighted by atomic mass is 10.1. The van der Waals surface area contributed by atoms with Crippen molar-refractivity contribution >= 4 is 0 Å². The molecule has 0 saturated carbocycles. The SMILES string of the molecule is COC1OCCN(C)C1(OC)c1ncncn1. The van der Waals surface area contributed by atoms with E-state index >= 15 is 0 Å². The molecular weight excluding hydrogens is 224 g/mol. The number of aromatic nitrogens is 3. The smallest absolute Gasteiger partial charge is 0.234 e. The summed E-state index contributed by atoms with van der Waals surface area (Å²) in [6.45, 7) is 1.28. The number of morpholine rings is 1. The zero-order valence-corrected chi connectivity index (χ0v) is 10.2. The van der Waals surface area contributed by atoms with Gasteiger partial charge >= 0.3 is 0 Å². The van der Waals surface area contributed by atoms with Gasteiger partial charge in [-0.1, -0.05) is 0 Å². The highest BCUT2D eigenvalue weighted by Gasteiger charge is 2.51. The summed E-state index contributed by atoms with van der Waals surface area (Å²) in [6, 6.07) is 0. The fraction of sp³-hybridized carbons (Fsp3) is 0.700. The van der Waals surface area contributed by atoms with Crippen LogP contribution in [0.4, 0.5) is 0 Å². The van der Waals surface area contributed by atoms with E-state index in [0.717, 1.165) is 0 Å². The Labute approximate surface area is 99.7 Å². The molecule has 0 amide bonds. The summed E-state index contributed by atoms with van der Waals surface area (Å²) in [4.78, 5) is 14.1. The first kappa shape index (κ1) is 12.3. The molecule has 17 heavy (non-hydrogen) atoms. The Morgan fingerprint density at radius 3 is 2.71 bits per heavy atom. The van der Waals surface area contributed by atoms with Crippen LogP contribution in [-0.4, -0.2) is 60.6 Å².